The van der Waals surface area contributed by atoms with E-state index in [9.17, 15) is 9.18 Å². The second-order valence-electron chi connectivity index (χ2n) is 7.40. The highest BCUT2D eigenvalue weighted by Gasteiger charge is 2.28. The highest BCUT2D eigenvalue weighted by atomic mass is 35.5. The highest BCUT2D eigenvalue weighted by Crippen LogP contribution is 2.28. The zero-order valence-electron chi connectivity index (χ0n) is 15.0. The lowest BCUT2D eigenvalue weighted by atomic mass is 9.93. The third kappa shape index (κ3) is 4.55. The van der Waals surface area contributed by atoms with Gasteiger partial charge in [-0.05, 0) is 40.0 Å². The maximum absolute atomic E-state index is 14.0. The van der Waals surface area contributed by atoms with Gasteiger partial charge in [0.1, 0.15) is 11.7 Å². The minimum absolute atomic E-state index is 0.0754. The summed E-state index contributed by atoms with van der Waals surface area (Å²) in [6, 6.07) is -0.0754. The average Bonchev–Trinajstić information content (AvgIpc) is 2.86. The van der Waals surface area contributed by atoms with Gasteiger partial charge in [-0.3, -0.25) is 0 Å². The highest BCUT2D eigenvalue weighted by molar-refractivity contribution is 6.29. The Labute approximate surface area is 155 Å². The smallest absolute Gasteiger partial charge is 0.407 e. The summed E-state index contributed by atoms with van der Waals surface area (Å²) in [5.41, 5.74) is -0.401. The molecule has 3 rings (SSSR count). The number of carbonyl (C=O) groups excluding carboxylic acids is 1. The van der Waals surface area contributed by atoms with E-state index in [4.69, 9.17) is 21.1 Å². The quantitative estimate of drug-likeness (QED) is 0.872. The van der Waals surface area contributed by atoms with Gasteiger partial charge in [-0.2, -0.15) is 10.1 Å². The number of amides is 1. The fraction of sp³-hybridized carbons (Fsp3) is 0.588. The zero-order valence-corrected chi connectivity index (χ0v) is 15.7. The molecule has 9 heteroatoms. The number of alkyl carbamates (subject to hydrolysis) is 1. The van der Waals surface area contributed by atoms with Crippen LogP contribution < -0.4 is 10.1 Å². The van der Waals surface area contributed by atoms with Gasteiger partial charge in [-0.25, -0.2) is 13.7 Å². The Morgan fingerprint density at radius 2 is 2.19 bits per heavy atom. The van der Waals surface area contributed by atoms with E-state index in [1.807, 2.05) is 20.8 Å². The largest absolute Gasteiger partial charge is 0.473 e. The minimum atomic E-state index is -0.551. The Kier molecular flexibility index (Phi) is 5.22. The van der Waals surface area contributed by atoms with Crippen molar-refractivity contribution < 1.29 is 18.7 Å². The predicted molar refractivity (Wildman–Crippen MR) is 94.0 cm³/mol. The van der Waals surface area contributed by atoms with Crippen molar-refractivity contribution in [2.75, 3.05) is 0 Å². The molecule has 0 spiro atoms. The van der Waals surface area contributed by atoms with Crippen LogP contribution in [-0.4, -0.2) is 38.4 Å². The van der Waals surface area contributed by atoms with Crippen LogP contribution in [0.4, 0.5) is 9.18 Å². The van der Waals surface area contributed by atoms with Crippen LogP contribution in [0.15, 0.2) is 12.4 Å². The number of ether oxygens (including phenoxy) is 2. The third-order valence-corrected chi connectivity index (χ3v) is 4.20. The number of hydrogen-bond acceptors (Lipinski definition) is 5. The molecule has 0 unspecified atom stereocenters. The molecular formula is C17H22ClFN4O3. The van der Waals surface area contributed by atoms with Crippen LogP contribution in [0.2, 0.25) is 5.15 Å². The lowest BCUT2D eigenvalue weighted by Gasteiger charge is -2.30. The van der Waals surface area contributed by atoms with Crippen LogP contribution in [-0.2, 0) is 4.74 Å². The summed E-state index contributed by atoms with van der Waals surface area (Å²) < 4.78 is 26.5. The fourth-order valence-electron chi connectivity index (χ4n) is 3.02. The molecule has 0 radical (unpaired) electrons. The van der Waals surface area contributed by atoms with Gasteiger partial charge in [0.25, 0.3) is 0 Å². The summed E-state index contributed by atoms with van der Waals surface area (Å²) in [6.45, 7) is 5.45. The van der Waals surface area contributed by atoms with Crippen molar-refractivity contribution in [3.8, 4) is 5.88 Å². The molecule has 0 bridgehead atoms. The number of rotatable bonds is 3. The third-order valence-electron chi connectivity index (χ3n) is 4.02. The molecule has 0 aromatic carbocycles. The first-order valence-electron chi connectivity index (χ1n) is 8.57. The molecule has 1 N–H and O–H groups in total. The van der Waals surface area contributed by atoms with E-state index in [-0.39, 0.29) is 28.7 Å². The maximum atomic E-state index is 14.0. The van der Waals surface area contributed by atoms with Crippen LogP contribution >= 0.6 is 11.6 Å². The summed E-state index contributed by atoms with van der Waals surface area (Å²) in [4.78, 5) is 16.0. The van der Waals surface area contributed by atoms with E-state index in [1.165, 1.54) is 10.7 Å². The van der Waals surface area contributed by atoms with Gasteiger partial charge in [0.15, 0.2) is 16.5 Å². The van der Waals surface area contributed by atoms with E-state index in [1.54, 1.807) is 0 Å². The monoisotopic (exact) mass is 384 g/mol. The lowest BCUT2D eigenvalue weighted by Crippen LogP contribution is -2.43. The summed E-state index contributed by atoms with van der Waals surface area (Å²) in [7, 11) is 0. The summed E-state index contributed by atoms with van der Waals surface area (Å²) in [6.07, 6.45) is 4.90. The molecule has 1 aliphatic rings. The molecule has 1 saturated carbocycles. The number of carbonyl (C=O) groups is 1. The Hall–Kier alpha value is -2.09. The zero-order chi connectivity index (χ0) is 18.9. The topological polar surface area (TPSA) is 77.8 Å². The Balaban J connectivity index is 1.67. The molecule has 1 fully saturated rings. The molecule has 0 aliphatic heterocycles. The van der Waals surface area contributed by atoms with E-state index in [0.717, 1.165) is 25.5 Å². The first-order valence-corrected chi connectivity index (χ1v) is 8.94. The van der Waals surface area contributed by atoms with Gasteiger partial charge in [-0.15, -0.1) is 0 Å². The standard InChI is InChI=1S/C17H22ClFN4O3/c1-17(2,3)26-16(24)21-10-5-4-6-11(7-10)25-15-14-12(19)8-20-23(14)9-13(18)22-15/h8-11H,4-7H2,1-3H3,(H,21,24)/t10-,11+/m0/s1. The molecule has 0 saturated heterocycles. The minimum Gasteiger partial charge on any atom is -0.473 e. The van der Waals surface area contributed by atoms with Gasteiger partial charge >= 0.3 is 6.09 Å². The van der Waals surface area contributed by atoms with Crippen molar-refractivity contribution in [1.29, 1.82) is 0 Å². The number of hydrogen-bond donors (Lipinski definition) is 1. The van der Waals surface area contributed by atoms with Gasteiger partial charge in [0.2, 0.25) is 5.88 Å². The van der Waals surface area contributed by atoms with E-state index in [0.29, 0.717) is 6.42 Å². The SMILES string of the molecule is CC(C)(C)OC(=O)N[C@H]1CCC[C@@H](Oc2nc(Cl)cn3ncc(F)c23)C1. The van der Waals surface area contributed by atoms with Gasteiger partial charge in [-0.1, -0.05) is 11.6 Å². The predicted octanol–water partition coefficient (Wildman–Crippen LogP) is 3.74. The summed E-state index contributed by atoms with van der Waals surface area (Å²) >= 11 is 5.96. The van der Waals surface area contributed by atoms with Crippen molar-refractivity contribution in [1.82, 2.24) is 19.9 Å². The molecule has 2 heterocycles. The normalized spacial score (nSPS) is 20.8. The maximum Gasteiger partial charge on any atom is 0.407 e. The molecule has 7 nitrogen and oxygen atoms in total. The number of aromatic nitrogens is 3. The van der Waals surface area contributed by atoms with Crippen molar-refractivity contribution in [2.45, 2.75) is 64.2 Å². The van der Waals surface area contributed by atoms with Crippen LogP contribution in [0.1, 0.15) is 46.5 Å². The Morgan fingerprint density at radius 3 is 2.92 bits per heavy atom. The second-order valence-corrected chi connectivity index (χ2v) is 7.79. The molecule has 1 aliphatic carbocycles. The van der Waals surface area contributed by atoms with Gasteiger partial charge in [0.05, 0.1) is 12.4 Å². The number of nitrogens with zero attached hydrogens (tertiary/aromatic N) is 3. The van der Waals surface area contributed by atoms with Gasteiger partial charge < -0.3 is 14.8 Å². The Bertz CT molecular complexity index is 805. The van der Waals surface area contributed by atoms with E-state index < -0.39 is 17.5 Å². The Morgan fingerprint density at radius 1 is 1.42 bits per heavy atom. The van der Waals surface area contributed by atoms with Crippen LogP contribution in [0.5, 0.6) is 5.88 Å². The first kappa shape index (κ1) is 18.7. The molecule has 142 valence electrons. The molecule has 2 aromatic rings. The van der Waals surface area contributed by atoms with Crippen molar-refractivity contribution >= 4 is 23.2 Å². The number of fused-ring (bicyclic) bond motifs is 1. The molecule has 26 heavy (non-hydrogen) atoms. The van der Waals surface area contributed by atoms with Gasteiger partial charge in [0, 0.05) is 12.5 Å². The van der Waals surface area contributed by atoms with Crippen molar-refractivity contribution in [2.24, 2.45) is 0 Å². The summed E-state index contributed by atoms with van der Waals surface area (Å²) in [5.74, 6) is -0.418. The first-order chi connectivity index (χ1) is 12.2. The van der Waals surface area contributed by atoms with E-state index >= 15 is 0 Å². The molecule has 1 amide bonds. The van der Waals surface area contributed by atoms with E-state index in [2.05, 4.69) is 15.4 Å². The average molecular weight is 385 g/mol. The van der Waals surface area contributed by atoms with Crippen LogP contribution in [0, 0.1) is 5.82 Å². The van der Waals surface area contributed by atoms with Crippen molar-refractivity contribution in [3.63, 3.8) is 0 Å². The van der Waals surface area contributed by atoms with Crippen LogP contribution in [0.25, 0.3) is 5.52 Å². The second kappa shape index (κ2) is 7.26. The van der Waals surface area contributed by atoms with Crippen molar-refractivity contribution in [3.05, 3.63) is 23.4 Å². The number of halogens is 2. The molecule has 2 aromatic heterocycles. The number of nitrogens with one attached hydrogen (secondary N) is 1. The van der Waals surface area contributed by atoms with Crippen LogP contribution in [0.3, 0.4) is 0 Å². The fourth-order valence-corrected chi connectivity index (χ4v) is 3.19. The summed E-state index contributed by atoms with van der Waals surface area (Å²) in [5, 5.41) is 6.91. The lowest BCUT2D eigenvalue weighted by molar-refractivity contribution is 0.0462. The molecule has 2 atom stereocenters. The molecular weight excluding hydrogens is 363 g/mol.